The number of thiophene rings is 1. The smallest absolute Gasteiger partial charge is 0.310 e. The summed E-state index contributed by atoms with van der Waals surface area (Å²) in [7, 11) is 1.65. The second-order valence-corrected chi connectivity index (χ2v) is 8.52. The number of hydrogen-bond donors (Lipinski definition) is 2. The molecule has 4 amide bonds. The molecule has 2 N–H and O–H groups in total. The number of nitrogens with zero attached hydrogens (tertiary/aromatic N) is 3. The van der Waals surface area contributed by atoms with E-state index in [9.17, 15) is 33.6 Å². The summed E-state index contributed by atoms with van der Waals surface area (Å²) in [5.74, 6) is -2.00. The number of carbonyl (C=O) groups is 7. The zero-order valence-corrected chi connectivity index (χ0v) is 19.7. The minimum atomic E-state index is -0.962. The van der Waals surface area contributed by atoms with E-state index in [1.165, 1.54) is 18.0 Å². The lowest BCUT2D eigenvalue weighted by Crippen LogP contribution is -2.61. The van der Waals surface area contributed by atoms with Crippen molar-refractivity contribution in [3.63, 3.8) is 0 Å². The Morgan fingerprint density at radius 3 is 2.50 bits per heavy atom. The van der Waals surface area contributed by atoms with Gasteiger partial charge in [-0.2, -0.15) is 0 Å². The third-order valence-electron chi connectivity index (χ3n) is 5.10. The van der Waals surface area contributed by atoms with Crippen LogP contribution in [0.1, 0.15) is 42.3 Å². The first-order chi connectivity index (χ1) is 16.2. The van der Waals surface area contributed by atoms with Gasteiger partial charge in [-0.3, -0.25) is 24.6 Å². The monoisotopic (exact) mass is 493 g/mol. The largest absolute Gasteiger partial charge is 0.358 e. The Balaban J connectivity index is 0.000000387. The zero-order valence-electron chi connectivity index (χ0n) is 18.9. The van der Waals surface area contributed by atoms with Crippen molar-refractivity contribution in [1.29, 1.82) is 0 Å². The van der Waals surface area contributed by atoms with Gasteiger partial charge in [0, 0.05) is 19.4 Å². The first-order valence-electron chi connectivity index (χ1n) is 10.6. The van der Waals surface area contributed by atoms with Crippen LogP contribution >= 0.6 is 11.3 Å². The van der Waals surface area contributed by atoms with Crippen LogP contribution in [0, 0.1) is 0 Å². The Hall–Kier alpha value is -3.45. The third kappa shape index (κ3) is 6.78. The molecule has 0 saturated carbocycles. The molecule has 3 heterocycles. The van der Waals surface area contributed by atoms with E-state index in [1.807, 2.05) is 0 Å². The summed E-state index contributed by atoms with van der Waals surface area (Å²) in [6.45, 7) is 1.73. The van der Waals surface area contributed by atoms with E-state index in [4.69, 9.17) is 0 Å². The van der Waals surface area contributed by atoms with Gasteiger partial charge in [0.1, 0.15) is 24.4 Å². The molecule has 0 aromatic carbocycles. The number of urea groups is 1. The van der Waals surface area contributed by atoms with Gasteiger partial charge in [-0.25, -0.2) is 19.8 Å². The molecular weight excluding hydrogens is 466 g/mol. The number of carbonyl (C=O) groups excluding carboxylic acids is 7. The average molecular weight is 494 g/mol. The van der Waals surface area contributed by atoms with Gasteiger partial charge in [-0.1, -0.05) is 6.07 Å². The van der Waals surface area contributed by atoms with Gasteiger partial charge in [0.25, 0.3) is 5.78 Å². The van der Waals surface area contributed by atoms with Crippen LogP contribution < -0.4 is 10.7 Å². The SMILES string of the molecule is CN[C@H](C=O)CC(C)=O.O=C[C@@H]1CCCN2C(=O)CCN(NC(=O)C(=O)c3cccs3)C(=O)N12. The second-order valence-electron chi connectivity index (χ2n) is 7.58. The molecule has 0 unspecified atom stereocenters. The highest BCUT2D eigenvalue weighted by atomic mass is 32.1. The van der Waals surface area contributed by atoms with Gasteiger partial charge < -0.3 is 14.9 Å². The van der Waals surface area contributed by atoms with Crippen molar-refractivity contribution >= 4 is 53.3 Å². The lowest BCUT2D eigenvalue weighted by Gasteiger charge is -2.41. The lowest BCUT2D eigenvalue weighted by atomic mass is 10.1. The number of aldehydes is 2. The van der Waals surface area contributed by atoms with Crippen LogP contribution in [-0.4, -0.2) is 89.2 Å². The van der Waals surface area contributed by atoms with Crippen LogP contribution in [0.4, 0.5) is 4.79 Å². The van der Waals surface area contributed by atoms with Crippen LogP contribution in [-0.2, 0) is 24.0 Å². The van der Waals surface area contributed by atoms with E-state index in [0.717, 1.165) is 27.6 Å². The summed E-state index contributed by atoms with van der Waals surface area (Å²) in [6.07, 6.45) is 2.68. The lowest BCUT2D eigenvalue weighted by molar-refractivity contribution is -0.151. The van der Waals surface area contributed by atoms with Crippen LogP contribution in [0.2, 0.25) is 0 Å². The molecule has 13 heteroatoms. The van der Waals surface area contributed by atoms with Gasteiger partial charge in [0.05, 0.1) is 17.5 Å². The molecule has 2 fully saturated rings. The minimum absolute atomic E-state index is 0.0126. The molecule has 2 aliphatic heterocycles. The topological polar surface area (TPSA) is 153 Å². The molecule has 2 atom stereocenters. The molecule has 34 heavy (non-hydrogen) atoms. The second kappa shape index (κ2) is 12.7. The maximum Gasteiger partial charge on any atom is 0.358 e. The molecule has 3 rings (SSSR count). The summed E-state index contributed by atoms with van der Waals surface area (Å²) in [6, 6.07) is 1.38. The molecule has 0 bridgehead atoms. The number of hydrogen-bond acceptors (Lipinski definition) is 9. The fourth-order valence-electron chi connectivity index (χ4n) is 3.36. The molecule has 2 aliphatic rings. The van der Waals surface area contributed by atoms with E-state index in [-0.39, 0.29) is 35.6 Å². The van der Waals surface area contributed by atoms with E-state index in [1.54, 1.807) is 18.5 Å². The fraction of sp³-hybridized carbons (Fsp3) is 0.476. The number of Topliss-reactive ketones (excluding diaryl/α,β-unsaturated/α-hetero) is 2. The van der Waals surface area contributed by atoms with Gasteiger partial charge in [-0.15, -0.1) is 11.3 Å². The number of hydrazine groups is 2. The van der Waals surface area contributed by atoms with Crippen molar-refractivity contribution < 1.29 is 33.6 Å². The van der Waals surface area contributed by atoms with Crippen LogP contribution in [0.15, 0.2) is 17.5 Å². The summed E-state index contributed by atoms with van der Waals surface area (Å²) >= 11 is 1.12. The van der Waals surface area contributed by atoms with E-state index in [2.05, 4.69) is 10.7 Å². The molecule has 184 valence electrons. The van der Waals surface area contributed by atoms with Crippen LogP contribution in [0.3, 0.4) is 0 Å². The summed E-state index contributed by atoms with van der Waals surface area (Å²) in [5.41, 5.74) is 2.26. The Bertz CT molecular complexity index is 936. The Morgan fingerprint density at radius 1 is 1.24 bits per heavy atom. The fourth-order valence-corrected chi connectivity index (χ4v) is 4.02. The normalized spacial score (nSPS) is 18.6. The van der Waals surface area contributed by atoms with Gasteiger partial charge in [-0.05, 0) is 38.3 Å². The van der Waals surface area contributed by atoms with Crippen LogP contribution in [0.5, 0.6) is 0 Å². The van der Waals surface area contributed by atoms with Gasteiger partial charge in [0.2, 0.25) is 5.91 Å². The number of rotatable bonds is 8. The van der Waals surface area contributed by atoms with Crippen molar-refractivity contribution in [3.05, 3.63) is 22.4 Å². The van der Waals surface area contributed by atoms with Gasteiger partial charge in [0.15, 0.2) is 0 Å². The average Bonchev–Trinajstić information content (AvgIpc) is 3.34. The number of likely N-dealkylation sites (N-methyl/N-ethyl adjacent to an activating group) is 1. The quantitative estimate of drug-likeness (QED) is 0.290. The van der Waals surface area contributed by atoms with Crippen molar-refractivity contribution in [2.75, 3.05) is 20.1 Å². The van der Waals surface area contributed by atoms with Crippen molar-refractivity contribution in [2.24, 2.45) is 0 Å². The molecule has 1 aromatic rings. The maximum absolute atomic E-state index is 12.7. The number of amides is 4. The highest BCUT2D eigenvalue weighted by Crippen LogP contribution is 2.22. The highest BCUT2D eigenvalue weighted by molar-refractivity contribution is 7.13. The van der Waals surface area contributed by atoms with Crippen LogP contribution in [0.25, 0.3) is 0 Å². The summed E-state index contributed by atoms with van der Waals surface area (Å²) in [4.78, 5) is 81.1. The molecule has 2 saturated heterocycles. The third-order valence-corrected chi connectivity index (χ3v) is 5.96. The van der Waals surface area contributed by atoms with Crippen molar-refractivity contribution in [3.8, 4) is 0 Å². The number of ketones is 2. The summed E-state index contributed by atoms with van der Waals surface area (Å²) in [5, 5.41) is 7.60. The van der Waals surface area contributed by atoms with Crippen molar-refractivity contribution in [2.45, 2.75) is 44.7 Å². The standard InChI is InChI=1S/C15H16N4O5S.C6H11NO2/c20-9-10-3-1-6-18-12(21)5-7-17(15(24)19(10)18)16-14(23)13(22)11-4-2-8-25-11;1-5(9)3-6(4-8)7-2/h2,4,8-10H,1,3,5-7H2,(H,16,23);4,6-7H,3H2,1-2H3/t10-;6-/m00/s1. The Morgan fingerprint density at radius 2 is 1.97 bits per heavy atom. The highest BCUT2D eigenvalue weighted by Gasteiger charge is 2.41. The Kier molecular flexibility index (Phi) is 10.0. The van der Waals surface area contributed by atoms with Gasteiger partial charge >= 0.3 is 11.9 Å². The minimum Gasteiger partial charge on any atom is -0.310 e. The van der Waals surface area contributed by atoms with Crippen molar-refractivity contribution in [1.82, 2.24) is 25.8 Å². The summed E-state index contributed by atoms with van der Waals surface area (Å²) < 4.78 is 0. The van der Waals surface area contributed by atoms with E-state index in [0.29, 0.717) is 32.1 Å². The molecule has 0 aliphatic carbocycles. The molecule has 12 nitrogen and oxygen atoms in total. The predicted molar refractivity (Wildman–Crippen MR) is 120 cm³/mol. The molecule has 0 radical (unpaired) electrons. The number of nitrogens with one attached hydrogen (secondary N) is 2. The number of fused-ring (bicyclic) bond motifs is 1. The van der Waals surface area contributed by atoms with E-state index >= 15 is 0 Å². The molecule has 1 aromatic heterocycles. The first-order valence-corrected chi connectivity index (χ1v) is 11.5. The van der Waals surface area contributed by atoms with E-state index < -0.39 is 23.8 Å². The Labute approximate surface area is 200 Å². The zero-order chi connectivity index (χ0) is 25.3. The maximum atomic E-state index is 12.7. The predicted octanol–water partition coefficient (Wildman–Crippen LogP) is -0.0530. The first kappa shape index (κ1) is 26.8. The molecular formula is C21H27N5O7S. The molecule has 0 spiro atoms.